The summed E-state index contributed by atoms with van der Waals surface area (Å²) in [6, 6.07) is -1.73. The zero-order valence-electron chi connectivity index (χ0n) is 20.7. The quantitative estimate of drug-likeness (QED) is 0.0849. The Morgan fingerprint density at radius 1 is 0.950 bits per heavy atom. The fourth-order valence-electron chi connectivity index (χ4n) is 3.35. The first-order valence-electron chi connectivity index (χ1n) is 10.9. The van der Waals surface area contributed by atoms with Crippen LogP contribution in [0.1, 0.15) is 33.6 Å². The summed E-state index contributed by atoms with van der Waals surface area (Å²) in [5, 5.41) is 7.30. The Bertz CT molecular complexity index is 1220. The van der Waals surface area contributed by atoms with E-state index >= 15 is 0 Å². The molecule has 2 aliphatic rings. The molecule has 1 amide bonds. The lowest BCUT2D eigenvalue weighted by Gasteiger charge is -2.29. The highest BCUT2D eigenvalue weighted by Gasteiger charge is 2.56. The number of phosphoric ester groups is 1. The van der Waals surface area contributed by atoms with Gasteiger partial charge in [-0.05, 0) is 6.42 Å². The molecule has 40 heavy (non-hydrogen) atoms. The number of phosphoric acid groups is 3. The van der Waals surface area contributed by atoms with Crippen molar-refractivity contribution in [2.45, 2.75) is 64.2 Å². The number of rotatable bonds is 13. The van der Waals surface area contributed by atoms with Gasteiger partial charge in [0.05, 0.1) is 6.61 Å². The third-order valence-electron chi connectivity index (χ3n) is 4.68. The molecule has 24 heteroatoms. The van der Waals surface area contributed by atoms with Gasteiger partial charge in [0.2, 0.25) is 0 Å². The maximum atomic E-state index is 12.8. The Kier molecular flexibility index (Phi) is 11.1. The number of hydrogen-bond donors (Lipinski definition) is 4. The van der Waals surface area contributed by atoms with Crippen LogP contribution in [-0.2, 0) is 65.0 Å². The number of carbonyl (C=O) groups is 5. The minimum Gasteiger partial charge on any atom is -0.456 e. The normalized spacial score (nSPS) is 28.1. The lowest BCUT2D eigenvalue weighted by molar-refractivity contribution is -0.175. The number of ketones is 2. The Morgan fingerprint density at radius 3 is 2.05 bits per heavy atom. The molecule has 0 aromatic heterocycles. The van der Waals surface area contributed by atoms with Gasteiger partial charge in [0.25, 0.3) is 5.78 Å². The summed E-state index contributed by atoms with van der Waals surface area (Å²) in [5.41, 5.74) is 0. The van der Waals surface area contributed by atoms with Crippen molar-refractivity contribution in [1.82, 2.24) is 5.01 Å². The van der Waals surface area contributed by atoms with Gasteiger partial charge in [-0.25, -0.2) is 13.7 Å². The van der Waals surface area contributed by atoms with Crippen LogP contribution in [0, 0.1) is 0 Å². The number of ether oxygens (including phenoxy) is 3. The second-order valence-corrected chi connectivity index (χ2v) is 12.4. The first kappa shape index (κ1) is 33.9. The summed E-state index contributed by atoms with van der Waals surface area (Å²) in [4.78, 5) is 97.1. The molecule has 2 aliphatic heterocycles. The van der Waals surface area contributed by atoms with Gasteiger partial charge in [-0.1, -0.05) is 12.1 Å². The molecule has 0 radical (unpaired) electrons. The summed E-state index contributed by atoms with van der Waals surface area (Å²) < 4.78 is 61.6. The molecule has 7 unspecified atom stereocenters. The van der Waals surface area contributed by atoms with E-state index in [1.165, 1.54) is 0 Å². The number of carbonyl (C=O) groups excluding carboxylic acids is 5. The molecule has 21 nitrogen and oxygen atoms in total. The van der Waals surface area contributed by atoms with Crippen LogP contribution in [0.3, 0.4) is 0 Å². The van der Waals surface area contributed by atoms with E-state index in [1.807, 2.05) is 0 Å². The fraction of sp³-hybridized carbons (Fsp3) is 0.688. The van der Waals surface area contributed by atoms with Crippen LogP contribution in [0.2, 0.25) is 0 Å². The molecule has 2 rings (SSSR count). The van der Waals surface area contributed by atoms with Gasteiger partial charge in [0, 0.05) is 20.3 Å². The van der Waals surface area contributed by atoms with Crippen molar-refractivity contribution in [3.8, 4) is 0 Å². The highest BCUT2D eigenvalue weighted by atomic mass is 31.3. The van der Waals surface area contributed by atoms with E-state index in [4.69, 9.17) is 24.0 Å². The second kappa shape index (κ2) is 13.1. The number of amides is 1. The summed E-state index contributed by atoms with van der Waals surface area (Å²) in [6.07, 6.45) is -6.88. The van der Waals surface area contributed by atoms with Gasteiger partial charge in [0.15, 0.2) is 30.3 Å². The third kappa shape index (κ3) is 9.39. The molecule has 0 aliphatic carbocycles. The average Bonchev–Trinajstić information content (AvgIpc) is 3.07. The maximum absolute atomic E-state index is 12.8. The summed E-state index contributed by atoms with van der Waals surface area (Å²) in [5.74, 6) is -5.48. The van der Waals surface area contributed by atoms with Crippen LogP contribution in [0.25, 0.3) is 0 Å². The van der Waals surface area contributed by atoms with Gasteiger partial charge >= 0.3 is 41.3 Å². The Morgan fingerprint density at radius 2 is 1.52 bits per heavy atom. The molecular formula is C16H24N3O18P3. The number of nitrogens with zero attached hydrogens (tertiary/aromatic N) is 3. The van der Waals surface area contributed by atoms with Gasteiger partial charge < -0.3 is 33.8 Å². The Balaban J connectivity index is 2.34. The highest BCUT2D eigenvalue weighted by Crippen LogP contribution is 2.66. The molecule has 226 valence electrons. The molecule has 2 heterocycles. The van der Waals surface area contributed by atoms with E-state index in [2.05, 4.69) is 23.5 Å². The van der Waals surface area contributed by atoms with E-state index in [1.54, 1.807) is 6.92 Å². The lowest BCUT2D eigenvalue weighted by atomic mass is 10.0. The van der Waals surface area contributed by atoms with Crippen LogP contribution in [0.5, 0.6) is 0 Å². The standard InChI is InChI=1S/C16H24N3O18P3/c1-4-5-9(22)11-12(23)15(24)19(18-17-11)16-14(34-8(3)21)13(33-7(2)20)10(35-16)6-32-39(28,29)37-40(30,31)36-38(25,26)27/h10-11,13-14,16H,4-6H2,1-3H3,(H,28,29)(H,30,31)(H2,25,26,27). The minimum atomic E-state index is -5.88. The molecule has 7 atom stereocenters. The molecule has 0 saturated carbocycles. The van der Waals surface area contributed by atoms with E-state index < -0.39 is 90.1 Å². The zero-order chi connectivity index (χ0) is 30.6. The van der Waals surface area contributed by atoms with Gasteiger partial charge in [-0.2, -0.15) is 18.7 Å². The molecule has 1 saturated heterocycles. The SMILES string of the molecule is CCCC(=O)C1N=NN(C2OC(COP(=O)(O)OP(=O)(O)OP(=O)(O)O)C(OC(C)=O)C2OC(C)=O)C(=O)C1=O. The zero-order valence-corrected chi connectivity index (χ0v) is 23.4. The monoisotopic (exact) mass is 639 g/mol. The van der Waals surface area contributed by atoms with Gasteiger partial charge in [-0.3, -0.25) is 28.5 Å². The van der Waals surface area contributed by atoms with Crippen LogP contribution in [-0.4, -0.2) is 91.2 Å². The minimum absolute atomic E-state index is 0.0874. The van der Waals surface area contributed by atoms with E-state index in [0.717, 1.165) is 13.8 Å². The lowest BCUT2D eigenvalue weighted by Crippen LogP contribution is -2.53. The van der Waals surface area contributed by atoms with Gasteiger partial charge in [-0.15, -0.1) is 0 Å². The fourth-order valence-corrected chi connectivity index (χ4v) is 6.38. The predicted octanol–water partition coefficient (Wildman–Crippen LogP) is -0.566. The van der Waals surface area contributed by atoms with E-state index in [0.29, 0.717) is 6.42 Å². The smallest absolute Gasteiger partial charge is 0.456 e. The Hall–Kier alpha value is -2.28. The largest absolute Gasteiger partial charge is 0.490 e. The van der Waals surface area contributed by atoms with Crippen molar-refractivity contribution < 1.29 is 84.6 Å². The van der Waals surface area contributed by atoms with Gasteiger partial charge in [0.1, 0.15) is 6.10 Å². The van der Waals surface area contributed by atoms with Crippen molar-refractivity contribution in [3.63, 3.8) is 0 Å². The van der Waals surface area contributed by atoms with Crippen LogP contribution in [0.4, 0.5) is 0 Å². The number of Topliss-reactive ketones (excluding diaryl/α,β-unsaturated/α-hetero) is 2. The number of hydrogen-bond acceptors (Lipinski definition) is 16. The molecular weight excluding hydrogens is 615 g/mol. The molecule has 0 aromatic carbocycles. The molecule has 0 spiro atoms. The maximum Gasteiger partial charge on any atom is 0.490 e. The third-order valence-corrected chi connectivity index (χ3v) is 8.48. The van der Waals surface area contributed by atoms with Crippen LogP contribution in [0.15, 0.2) is 10.3 Å². The van der Waals surface area contributed by atoms with Crippen LogP contribution < -0.4 is 0 Å². The van der Waals surface area contributed by atoms with Crippen LogP contribution >= 0.6 is 23.5 Å². The summed E-state index contributed by atoms with van der Waals surface area (Å²) >= 11 is 0. The first-order valence-corrected chi connectivity index (χ1v) is 15.4. The first-order chi connectivity index (χ1) is 18.3. The van der Waals surface area contributed by atoms with E-state index in [9.17, 15) is 47.5 Å². The van der Waals surface area contributed by atoms with Crippen molar-refractivity contribution in [1.29, 1.82) is 0 Å². The topological polar surface area (TPSA) is 301 Å². The predicted molar refractivity (Wildman–Crippen MR) is 120 cm³/mol. The molecule has 1 fully saturated rings. The van der Waals surface area contributed by atoms with Crippen molar-refractivity contribution in [2.75, 3.05) is 6.61 Å². The molecule has 0 aromatic rings. The molecule has 4 N–H and O–H groups in total. The van der Waals surface area contributed by atoms with Crippen molar-refractivity contribution in [3.05, 3.63) is 0 Å². The highest BCUT2D eigenvalue weighted by molar-refractivity contribution is 7.66. The Labute approximate surface area is 224 Å². The second-order valence-electron chi connectivity index (χ2n) is 7.94. The van der Waals surface area contributed by atoms with Crippen molar-refractivity contribution in [2.24, 2.45) is 10.3 Å². The average molecular weight is 639 g/mol. The number of esters is 2. The van der Waals surface area contributed by atoms with Crippen molar-refractivity contribution >= 4 is 52.9 Å². The van der Waals surface area contributed by atoms with E-state index in [-0.39, 0.29) is 11.4 Å². The molecule has 0 bridgehead atoms. The summed E-state index contributed by atoms with van der Waals surface area (Å²) in [6.45, 7) is 2.26. The summed E-state index contributed by atoms with van der Waals surface area (Å²) in [7, 11) is -17.2.